The van der Waals surface area contributed by atoms with Gasteiger partial charge in [-0.1, -0.05) is 42.5 Å². The number of carbonyl (C=O) groups is 1. The zero-order valence-corrected chi connectivity index (χ0v) is 15.0. The third-order valence-corrected chi connectivity index (χ3v) is 4.73. The Hall–Kier alpha value is -1.69. The van der Waals surface area contributed by atoms with E-state index in [0.29, 0.717) is 18.4 Å². The van der Waals surface area contributed by atoms with Crippen molar-refractivity contribution in [3.05, 3.63) is 48.1 Å². The number of cyclic esters (lactones) is 1. The highest BCUT2D eigenvalue weighted by molar-refractivity contribution is 5.78. The van der Waals surface area contributed by atoms with E-state index in [0.717, 1.165) is 24.0 Å². The third-order valence-electron chi connectivity index (χ3n) is 4.73. The second-order valence-corrected chi connectivity index (χ2v) is 7.53. The Morgan fingerprint density at radius 2 is 2.04 bits per heavy atom. The van der Waals surface area contributed by atoms with Gasteiger partial charge in [-0.15, -0.1) is 0 Å². The number of hydrogen-bond acceptors (Lipinski definition) is 5. The average molecular weight is 348 g/mol. The maximum Gasteiger partial charge on any atom is 0.314 e. The van der Waals surface area contributed by atoms with Gasteiger partial charge >= 0.3 is 5.97 Å². The van der Waals surface area contributed by atoms with Crippen LogP contribution >= 0.6 is 0 Å². The molecule has 0 bridgehead atoms. The van der Waals surface area contributed by atoms with Crippen LogP contribution in [0.25, 0.3) is 0 Å². The van der Waals surface area contributed by atoms with Crippen LogP contribution in [-0.2, 0) is 14.4 Å². The summed E-state index contributed by atoms with van der Waals surface area (Å²) < 4.78 is 5.36. The fraction of sp³-hybridized carbons (Fsp3) is 0.550. The Labute approximate surface area is 149 Å². The number of rotatable bonds is 3. The Kier molecular flexibility index (Phi) is 6.38. The van der Waals surface area contributed by atoms with Gasteiger partial charge in [0.15, 0.2) is 0 Å². The van der Waals surface area contributed by atoms with Gasteiger partial charge in [0, 0.05) is 5.92 Å². The first-order valence-corrected chi connectivity index (χ1v) is 8.63. The lowest BCUT2D eigenvalue weighted by Crippen LogP contribution is -2.36. The Morgan fingerprint density at radius 1 is 1.32 bits per heavy atom. The van der Waals surface area contributed by atoms with Gasteiger partial charge in [-0.05, 0) is 45.1 Å². The fourth-order valence-electron chi connectivity index (χ4n) is 3.46. The Morgan fingerprint density at radius 3 is 2.68 bits per heavy atom. The van der Waals surface area contributed by atoms with Crippen LogP contribution in [0, 0.1) is 11.8 Å². The van der Waals surface area contributed by atoms with Crippen LogP contribution in [0.5, 0.6) is 0 Å². The molecule has 0 unspecified atom stereocenters. The van der Waals surface area contributed by atoms with Gasteiger partial charge in [-0.3, -0.25) is 10.1 Å². The normalized spacial score (nSPS) is 30.6. The van der Waals surface area contributed by atoms with Crippen molar-refractivity contribution in [3.8, 4) is 0 Å². The molecule has 0 aromatic heterocycles. The molecule has 1 aliphatic carbocycles. The van der Waals surface area contributed by atoms with Crippen molar-refractivity contribution >= 4 is 5.97 Å². The highest BCUT2D eigenvalue weighted by atomic mass is 17.1. The molecule has 5 heteroatoms. The summed E-state index contributed by atoms with van der Waals surface area (Å²) in [6.07, 6.45) is 7.41. The topological polar surface area (TPSA) is 76.0 Å². The Bertz CT molecular complexity index is 594. The Balaban J connectivity index is 2.30. The first-order chi connectivity index (χ1) is 11.7. The molecule has 138 valence electrons. The second-order valence-electron chi connectivity index (χ2n) is 7.53. The van der Waals surface area contributed by atoms with Crippen LogP contribution in [0.3, 0.4) is 0 Å². The molecule has 2 fully saturated rings. The number of hydrogen-bond donors (Lipinski definition) is 2. The molecule has 3 atom stereocenters. The van der Waals surface area contributed by atoms with E-state index in [9.17, 15) is 9.90 Å². The largest absolute Gasteiger partial charge is 0.461 e. The first kappa shape index (κ1) is 19.6. The maximum atomic E-state index is 12.4. The molecule has 0 aromatic rings. The van der Waals surface area contributed by atoms with Gasteiger partial charge in [0.2, 0.25) is 0 Å². The zero-order chi connectivity index (χ0) is 18.6. The maximum absolute atomic E-state index is 12.4. The molecule has 2 aliphatic rings. The smallest absolute Gasteiger partial charge is 0.314 e. The van der Waals surface area contributed by atoms with Crippen molar-refractivity contribution < 1.29 is 24.8 Å². The summed E-state index contributed by atoms with van der Waals surface area (Å²) in [7, 11) is 0. The lowest BCUT2D eigenvalue weighted by molar-refractivity contribution is -0.277. The van der Waals surface area contributed by atoms with Crippen molar-refractivity contribution in [2.24, 2.45) is 11.8 Å². The minimum atomic E-state index is -0.899. The van der Waals surface area contributed by atoms with E-state index in [-0.39, 0.29) is 18.5 Å². The van der Waals surface area contributed by atoms with E-state index < -0.39 is 17.6 Å². The molecular weight excluding hydrogens is 320 g/mol. The summed E-state index contributed by atoms with van der Waals surface area (Å²) in [5.74, 6) is -0.740. The minimum Gasteiger partial charge on any atom is -0.461 e. The highest BCUT2D eigenvalue weighted by Gasteiger charge is 2.39. The van der Waals surface area contributed by atoms with Crippen LogP contribution in [0.15, 0.2) is 48.1 Å². The van der Waals surface area contributed by atoms with Crippen LogP contribution in [0.4, 0.5) is 0 Å². The number of fused-ring (bicyclic) bond motifs is 1. The van der Waals surface area contributed by atoms with Gasteiger partial charge in [0.1, 0.15) is 12.7 Å². The summed E-state index contributed by atoms with van der Waals surface area (Å²) in [5, 5.41) is 18.9. The number of esters is 1. The molecule has 5 nitrogen and oxygen atoms in total. The van der Waals surface area contributed by atoms with Gasteiger partial charge in [0.05, 0.1) is 11.5 Å². The number of allylic oxidation sites excluding steroid dienone is 2. The van der Waals surface area contributed by atoms with E-state index in [1.807, 2.05) is 6.08 Å². The van der Waals surface area contributed by atoms with E-state index >= 15 is 0 Å². The van der Waals surface area contributed by atoms with Gasteiger partial charge in [0.25, 0.3) is 0 Å². The molecule has 25 heavy (non-hydrogen) atoms. The number of carbonyl (C=O) groups excluding carboxylic acids is 1. The number of aliphatic hydroxyl groups is 1. The van der Waals surface area contributed by atoms with E-state index in [2.05, 4.69) is 18.0 Å². The monoisotopic (exact) mass is 348 g/mol. The van der Waals surface area contributed by atoms with Crippen molar-refractivity contribution in [2.75, 3.05) is 6.61 Å². The SMILES string of the molecule is C=C1CC[C@@H]2/C(=C\C=C\C(C)(C)O)COC(=O)[C@H]2C(=C)C[C@H](OO)C1. The predicted octanol–water partition coefficient (Wildman–Crippen LogP) is 3.57. The lowest BCUT2D eigenvalue weighted by atomic mass is 9.76. The average Bonchev–Trinajstić information content (AvgIpc) is 2.57. The molecule has 1 aliphatic heterocycles. The first-order valence-electron chi connectivity index (χ1n) is 8.63. The molecule has 1 saturated heterocycles. The zero-order valence-electron chi connectivity index (χ0n) is 15.0. The fourth-order valence-corrected chi connectivity index (χ4v) is 3.46. The van der Waals surface area contributed by atoms with Crippen LogP contribution in [0.1, 0.15) is 39.5 Å². The van der Waals surface area contributed by atoms with Gasteiger partial charge < -0.3 is 9.84 Å². The molecule has 0 amide bonds. The summed E-state index contributed by atoms with van der Waals surface area (Å²) in [6, 6.07) is 0. The van der Waals surface area contributed by atoms with Gasteiger partial charge in [-0.25, -0.2) is 4.89 Å². The summed E-state index contributed by atoms with van der Waals surface area (Å²) in [6.45, 7) is 11.8. The van der Waals surface area contributed by atoms with Crippen molar-refractivity contribution in [1.82, 2.24) is 0 Å². The molecule has 2 N–H and O–H groups in total. The molecule has 0 aromatic carbocycles. The quantitative estimate of drug-likeness (QED) is 0.353. The number of ether oxygens (including phenoxy) is 1. The van der Waals surface area contributed by atoms with Crippen molar-refractivity contribution in [3.63, 3.8) is 0 Å². The van der Waals surface area contributed by atoms with Crippen molar-refractivity contribution in [2.45, 2.75) is 51.2 Å². The van der Waals surface area contributed by atoms with Crippen LogP contribution in [-0.4, -0.2) is 34.6 Å². The summed E-state index contributed by atoms with van der Waals surface area (Å²) in [4.78, 5) is 16.9. The highest BCUT2D eigenvalue weighted by Crippen LogP contribution is 2.40. The second kappa shape index (κ2) is 8.13. The lowest BCUT2D eigenvalue weighted by Gasteiger charge is -2.33. The van der Waals surface area contributed by atoms with Gasteiger partial charge in [-0.2, -0.15) is 0 Å². The van der Waals surface area contributed by atoms with Crippen LogP contribution < -0.4 is 0 Å². The predicted molar refractivity (Wildman–Crippen MR) is 95.7 cm³/mol. The third kappa shape index (κ3) is 5.39. The molecule has 0 radical (unpaired) electrons. The minimum absolute atomic E-state index is 0.0191. The molecular formula is C20H28O5. The summed E-state index contributed by atoms with van der Waals surface area (Å²) in [5.41, 5.74) is 1.80. The van der Waals surface area contributed by atoms with E-state index in [4.69, 9.17) is 9.99 Å². The molecule has 0 spiro atoms. The van der Waals surface area contributed by atoms with Crippen molar-refractivity contribution in [1.29, 1.82) is 0 Å². The van der Waals surface area contributed by atoms with Crippen LogP contribution in [0.2, 0.25) is 0 Å². The summed E-state index contributed by atoms with van der Waals surface area (Å²) >= 11 is 0. The molecule has 1 heterocycles. The molecule has 1 saturated carbocycles. The van der Waals surface area contributed by atoms with E-state index in [1.165, 1.54) is 0 Å². The molecule has 2 rings (SSSR count). The standard InChI is InChI=1S/C20H28O5/c1-13-7-8-17-15(6-5-9-20(3,4)22)12-24-19(21)18(17)14(2)11-16(10-13)25-23/h5-6,9,16-18,22-23H,1-2,7-8,10-12H2,3-4H3/b9-5+,15-6-/t16-,17-,18+/m1/s1. The van der Waals surface area contributed by atoms with E-state index in [1.54, 1.807) is 26.0 Å².